The van der Waals surface area contributed by atoms with Crippen LogP contribution in [0.25, 0.3) is 11.2 Å². The lowest BCUT2D eigenvalue weighted by atomic mass is 9.43. The van der Waals surface area contributed by atoms with Crippen molar-refractivity contribution in [2.75, 3.05) is 31.1 Å². The summed E-state index contributed by atoms with van der Waals surface area (Å²) < 4.78 is 8.13. The molecule has 5 aliphatic rings. The van der Waals surface area contributed by atoms with Crippen LogP contribution in [0.4, 0.5) is 10.6 Å². The molecule has 6 unspecified atom stereocenters. The lowest BCUT2D eigenvalue weighted by molar-refractivity contribution is -0.198. The third-order valence-corrected chi connectivity index (χ3v) is 14.9. The highest BCUT2D eigenvalue weighted by Gasteiger charge is 2.68. The van der Waals surface area contributed by atoms with Gasteiger partial charge in [-0.2, -0.15) is 0 Å². The van der Waals surface area contributed by atoms with Gasteiger partial charge < -0.3 is 29.9 Å². The normalized spacial score (nSPS) is 36.2. The highest BCUT2D eigenvalue weighted by molar-refractivity contribution is 5.93. The molecule has 14 nitrogen and oxygen atoms in total. The summed E-state index contributed by atoms with van der Waals surface area (Å²) in [5.41, 5.74) is 5.99. The Bertz CT molecular complexity index is 1740. The smallest absolute Gasteiger partial charge is 0.414 e. The summed E-state index contributed by atoms with van der Waals surface area (Å²) in [6.07, 6.45) is 7.25. The molecule has 2 aromatic heterocycles. The average molecular weight is 735 g/mol. The van der Waals surface area contributed by atoms with Gasteiger partial charge in [-0.3, -0.25) is 19.7 Å². The van der Waals surface area contributed by atoms with Crippen molar-refractivity contribution in [3.63, 3.8) is 0 Å². The second-order valence-corrected chi connectivity index (χ2v) is 17.5. The van der Waals surface area contributed by atoms with Gasteiger partial charge in [-0.1, -0.05) is 34.6 Å². The highest BCUT2D eigenvalue weighted by Crippen LogP contribution is 2.68. The summed E-state index contributed by atoms with van der Waals surface area (Å²) >= 11 is 0. The summed E-state index contributed by atoms with van der Waals surface area (Å²) in [4.78, 5) is 71.3. The molecular formula is C39H58N8O6. The third kappa shape index (κ3) is 6.40. The first-order chi connectivity index (χ1) is 25.2. The van der Waals surface area contributed by atoms with Gasteiger partial charge in [0.1, 0.15) is 18.2 Å². The summed E-state index contributed by atoms with van der Waals surface area (Å²) in [5.74, 6) is -0.148. The fourth-order valence-corrected chi connectivity index (χ4v) is 11.1. The van der Waals surface area contributed by atoms with Gasteiger partial charge in [0.2, 0.25) is 11.8 Å². The predicted molar refractivity (Wildman–Crippen MR) is 197 cm³/mol. The molecular weight excluding hydrogens is 676 g/mol. The molecule has 2 saturated heterocycles. The number of alkyl carbamates (subject to hydrolysis) is 1. The summed E-state index contributed by atoms with van der Waals surface area (Å²) in [6, 6.07) is 0.108. The molecule has 4 N–H and O–H groups in total. The fraction of sp³-hybridized carbons (Fsp3) is 0.769. The molecule has 53 heavy (non-hydrogen) atoms. The van der Waals surface area contributed by atoms with Crippen LogP contribution in [0.2, 0.25) is 0 Å². The van der Waals surface area contributed by atoms with Crippen LogP contribution < -0.4 is 16.0 Å². The molecule has 0 spiro atoms. The molecule has 5 fully saturated rings. The van der Waals surface area contributed by atoms with Crippen LogP contribution in [0.5, 0.6) is 0 Å². The third-order valence-electron chi connectivity index (χ3n) is 14.9. The minimum Gasteiger partial charge on any atom is -0.445 e. The quantitative estimate of drug-likeness (QED) is 0.376. The largest absolute Gasteiger partial charge is 0.445 e. The molecule has 14 heteroatoms. The average Bonchev–Trinajstić information content (AvgIpc) is 3.88. The van der Waals surface area contributed by atoms with E-state index >= 15 is 0 Å². The number of nitrogens with one attached hydrogen (secondary N) is 1. The number of fused-ring (bicyclic) bond motifs is 1. The van der Waals surface area contributed by atoms with Gasteiger partial charge in [0.15, 0.2) is 17.0 Å². The maximum atomic E-state index is 13.7. The van der Waals surface area contributed by atoms with Gasteiger partial charge >= 0.3 is 6.09 Å². The number of ether oxygens (including phenoxy) is 1. The Morgan fingerprint density at radius 3 is 2.51 bits per heavy atom. The number of imidazole rings is 1. The van der Waals surface area contributed by atoms with Crippen LogP contribution in [-0.4, -0.2) is 97.6 Å². The molecule has 0 aromatic carbocycles. The van der Waals surface area contributed by atoms with Crippen molar-refractivity contribution in [2.24, 2.45) is 45.7 Å². The molecule has 4 heterocycles. The van der Waals surface area contributed by atoms with Gasteiger partial charge in [-0.15, -0.1) is 0 Å². The molecule has 9 atom stereocenters. The minimum atomic E-state index is -0.804. The number of anilines is 1. The second-order valence-electron chi connectivity index (χ2n) is 17.5. The van der Waals surface area contributed by atoms with Crippen molar-refractivity contribution < 1.29 is 29.0 Å². The molecule has 2 aromatic rings. The van der Waals surface area contributed by atoms with Gasteiger partial charge in [-0.25, -0.2) is 19.7 Å². The van der Waals surface area contributed by atoms with E-state index in [4.69, 9.17) is 10.5 Å². The molecule has 3 amide bonds. The van der Waals surface area contributed by atoms with E-state index in [0.29, 0.717) is 62.9 Å². The first kappa shape index (κ1) is 37.7. The number of imide groups is 1. The Kier molecular flexibility index (Phi) is 10.1. The van der Waals surface area contributed by atoms with E-state index in [1.165, 1.54) is 6.33 Å². The summed E-state index contributed by atoms with van der Waals surface area (Å²) in [6.45, 7) is 13.3. The van der Waals surface area contributed by atoms with E-state index < -0.39 is 41.0 Å². The second kappa shape index (κ2) is 14.2. The zero-order valence-electron chi connectivity index (χ0n) is 32.1. The molecule has 7 rings (SSSR count). The molecule has 290 valence electrons. The van der Waals surface area contributed by atoms with Crippen LogP contribution >= 0.6 is 0 Å². The van der Waals surface area contributed by atoms with Crippen molar-refractivity contribution in [1.29, 1.82) is 0 Å². The van der Waals surface area contributed by atoms with Crippen LogP contribution in [-0.2, 0) is 25.7 Å². The van der Waals surface area contributed by atoms with Gasteiger partial charge in [0.05, 0.1) is 12.4 Å². The zero-order valence-corrected chi connectivity index (χ0v) is 32.1. The van der Waals surface area contributed by atoms with Crippen LogP contribution in [0.15, 0.2) is 12.7 Å². The van der Waals surface area contributed by atoms with Crippen LogP contribution in [0.3, 0.4) is 0 Å². The highest BCUT2D eigenvalue weighted by atomic mass is 16.6. The summed E-state index contributed by atoms with van der Waals surface area (Å²) in [7, 11) is 0. The topological polar surface area (TPSA) is 186 Å². The number of likely N-dealkylation sites (tertiary alicyclic amines) is 1. The van der Waals surface area contributed by atoms with E-state index in [9.17, 15) is 24.3 Å². The number of carbonyl (C=O) groups is 4. The number of amides is 3. The number of rotatable bonds is 7. The lowest BCUT2D eigenvalue weighted by Gasteiger charge is -2.62. The number of Topliss-reactive ketones (excluding diaryl/α,β-unsaturated/α-hetero) is 1. The number of nitrogens with two attached hydrogens (primary N) is 1. The lowest BCUT2D eigenvalue weighted by Crippen LogP contribution is -2.63. The van der Waals surface area contributed by atoms with Crippen molar-refractivity contribution >= 4 is 40.7 Å². The number of aryl methyl sites for hydroxylation is 1. The van der Waals surface area contributed by atoms with Crippen LogP contribution in [0, 0.1) is 39.9 Å². The SMILES string of the molecule is CC[C@]1(C)CC(OC(=O)NC(=O)C2CCN(C(=O)CCn3cnc4c(N5CC[C@H](N)C5)ncnc43)CC2)C2(C)C(C)CCC3(CCC(=O)C32)C(C)[C@@H]1O. The maximum Gasteiger partial charge on any atom is 0.414 e. The Morgan fingerprint density at radius 1 is 1.06 bits per heavy atom. The summed E-state index contributed by atoms with van der Waals surface area (Å²) in [5, 5.41) is 14.4. The first-order valence-corrected chi connectivity index (χ1v) is 19.9. The molecule has 3 saturated carbocycles. The minimum absolute atomic E-state index is 0.0166. The van der Waals surface area contributed by atoms with Crippen molar-refractivity contribution in [2.45, 2.75) is 124 Å². The predicted octanol–water partition coefficient (Wildman–Crippen LogP) is 3.83. The Labute approximate surface area is 312 Å². The molecule has 2 bridgehead atoms. The Morgan fingerprint density at radius 2 is 1.81 bits per heavy atom. The number of hydrogen-bond donors (Lipinski definition) is 3. The Balaban J connectivity index is 0.957. The number of aliphatic hydroxyl groups excluding tert-OH is 1. The molecule has 2 aliphatic heterocycles. The van der Waals surface area contributed by atoms with Gasteiger partial charge in [0.25, 0.3) is 0 Å². The number of hydrogen-bond acceptors (Lipinski definition) is 11. The van der Waals surface area contributed by atoms with E-state index in [-0.39, 0.29) is 47.3 Å². The number of piperidine rings is 1. The number of nitrogens with zero attached hydrogens (tertiary/aromatic N) is 6. The molecule has 0 radical (unpaired) electrons. The van der Waals surface area contributed by atoms with E-state index in [0.717, 1.165) is 44.6 Å². The number of aromatic nitrogens is 4. The van der Waals surface area contributed by atoms with Gasteiger partial charge in [-0.05, 0) is 74.0 Å². The van der Waals surface area contributed by atoms with Crippen molar-refractivity contribution in [3.8, 4) is 0 Å². The monoisotopic (exact) mass is 734 g/mol. The van der Waals surface area contributed by atoms with Crippen molar-refractivity contribution in [1.82, 2.24) is 29.7 Å². The van der Waals surface area contributed by atoms with E-state index in [1.807, 2.05) is 4.57 Å². The number of aliphatic hydroxyl groups is 1. The molecule has 3 aliphatic carbocycles. The van der Waals surface area contributed by atoms with Crippen molar-refractivity contribution in [3.05, 3.63) is 12.7 Å². The van der Waals surface area contributed by atoms with E-state index in [1.54, 1.807) is 11.2 Å². The van der Waals surface area contributed by atoms with Crippen LogP contribution in [0.1, 0.15) is 98.8 Å². The first-order valence-electron chi connectivity index (χ1n) is 19.9. The standard InChI is InChI=1S/C39H58N8O6/c1-6-37(4)19-28(38(5)23(2)7-13-39(24(3)32(37)50)14-8-27(48)31(38)39)53-36(52)44-35(51)25-9-15-45(16-10-25)29(49)12-18-47-22-43-30-33(41-21-42-34(30)47)46-17-11-26(40)20-46/h21-26,28,31-32,50H,6-20,40H2,1-5H3,(H,44,51,52)/t23?,24?,26-,28?,31?,32-,37+,38?,39?/m0/s1. The number of ketones is 1. The maximum absolute atomic E-state index is 13.7. The Hall–Kier alpha value is -3.65. The zero-order chi connectivity index (χ0) is 37.9. The number of carbonyl (C=O) groups excluding carboxylic acids is 4. The van der Waals surface area contributed by atoms with Gasteiger partial charge in [0, 0.05) is 68.9 Å². The van der Waals surface area contributed by atoms with E-state index in [2.05, 4.69) is 59.8 Å². The fourth-order valence-electron chi connectivity index (χ4n) is 11.1.